The van der Waals surface area contributed by atoms with Crippen molar-refractivity contribution in [1.82, 2.24) is 10.1 Å². The van der Waals surface area contributed by atoms with E-state index in [1.54, 1.807) is 11.3 Å². The fourth-order valence-electron chi connectivity index (χ4n) is 1.83. The van der Waals surface area contributed by atoms with Gasteiger partial charge in [0.25, 0.3) is 5.89 Å². The SMILES string of the molecule is NCCc1ccc(-c2nc(-c3cccs3)no2)cc1. The molecule has 0 aliphatic rings. The zero-order valence-electron chi connectivity index (χ0n) is 10.2. The van der Waals surface area contributed by atoms with Gasteiger partial charge in [-0.3, -0.25) is 0 Å². The molecule has 0 aliphatic heterocycles. The number of nitrogens with two attached hydrogens (primary N) is 1. The van der Waals surface area contributed by atoms with E-state index in [-0.39, 0.29) is 0 Å². The molecule has 0 aliphatic carbocycles. The van der Waals surface area contributed by atoms with Crippen molar-refractivity contribution in [3.05, 3.63) is 47.3 Å². The van der Waals surface area contributed by atoms with Crippen molar-refractivity contribution in [2.45, 2.75) is 6.42 Å². The number of aromatic nitrogens is 2. The van der Waals surface area contributed by atoms with Crippen LogP contribution in [0.5, 0.6) is 0 Å². The summed E-state index contributed by atoms with van der Waals surface area (Å²) in [6.45, 7) is 0.655. The Hall–Kier alpha value is -1.98. The van der Waals surface area contributed by atoms with Gasteiger partial charge in [0, 0.05) is 5.56 Å². The summed E-state index contributed by atoms with van der Waals surface area (Å²) in [4.78, 5) is 5.42. The van der Waals surface area contributed by atoms with E-state index in [4.69, 9.17) is 10.3 Å². The fourth-order valence-corrected chi connectivity index (χ4v) is 2.48. The minimum Gasteiger partial charge on any atom is -0.334 e. The minimum atomic E-state index is 0.544. The topological polar surface area (TPSA) is 64.9 Å². The molecule has 0 amide bonds. The largest absolute Gasteiger partial charge is 0.334 e. The molecule has 0 bridgehead atoms. The van der Waals surface area contributed by atoms with E-state index in [0.717, 1.165) is 16.9 Å². The van der Waals surface area contributed by atoms with E-state index in [0.29, 0.717) is 18.3 Å². The summed E-state index contributed by atoms with van der Waals surface area (Å²) < 4.78 is 5.30. The number of hydrogen-bond acceptors (Lipinski definition) is 5. The average molecular weight is 271 g/mol. The Morgan fingerprint density at radius 3 is 2.68 bits per heavy atom. The smallest absolute Gasteiger partial charge is 0.258 e. The number of rotatable bonds is 4. The molecule has 0 unspecified atom stereocenters. The van der Waals surface area contributed by atoms with Crippen LogP contribution in [-0.4, -0.2) is 16.7 Å². The van der Waals surface area contributed by atoms with E-state index in [9.17, 15) is 0 Å². The number of hydrogen-bond donors (Lipinski definition) is 1. The summed E-state index contributed by atoms with van der Waals surface area (Å²) in [6.07, 6.45) is 0.880. The third kappa shape index (κ3) is 2.57. The summed E-state index contributed by atoms with van der Waals surface area (Å²) in [5.41, 5.74) is 7.67. The van der Waals surface area contributed by atoms with Crippen LogP contribution in [0.1, 0.15) is 5.56 Å². The molecule has 0 fully saturated rings. The quantitative estimate of drug-likeness (QED) is 0.792. The third-order valence-corrected chi connectivity index (χ3v) is 3.67. The lowest BCUT2D eigenvalue weighted by atomic mass is 10.1. The van der Waals surface area contributed by atoms with Crippen LogP contribution in [0.4, 0.5) is 0 Å². The molecule has 0 atom stereocenters. The van der Waals surface area contributed by atoms with Crippen molar-refractivity contribution in [2.75, 3.05) is 6.54 Å². The summed E-state index contributed by atoms with van der Waals surface area (Å²) >= 11 is 1.59. The van der Waals surface area contributed by atoms with Gasteiger partial charge in [0.1, 0.15) is 0 Å². The molecule has 96 valence electrons. The maximum Gasteiger partial charge on any atom is 0.258 e. The molecule has 4 nitrogen and oxygen atoms in total. The van der Waals surface area contributed by atoms with Crippen molar-refractivity contribution in [3.63, 3.8) is 0 Å². The molecule has 3 rings (SSSR count). The lowest BCUT2D eigenvalue weighted by Crippen LogP contribution is -2.02. The van der Waals surface area contributed by atoms with E-state index in [1.165, 1.54) is 5.56 Å². The van der Waals surface area contributed by atoms with Gasteiger partial charge in [0.05, 0.1) is 4.88 Å². The van der Waals surface area contributed by atoms with Crippen LogP contribution >= 0.6 is 11.3 Å². The summed E-state index contributed by atoms with van der Waals surface area (Å²) in [5, 5.41) is 5.99. The first-order valence-corrected chi connectivity index (χ1v) is 6.92. The van der Waals surface area contributed by atoms with Gasteiger partial charge in [-0.05, 0) is 42.1 Å². The predicted octanol–water partition coefficient (Wildman–Crippen LogP) is 2.97. The van der Waals surface area contributed by atoms with Gasteiger partial charge >= 0.3 is 0 Å². The van der Waals surface area contributed by atoms with E-state index in [2.05, 4.69) is 10.1 Å². The van der Waals surface area contributed by atoms with Crippen molar-refractivity contribution in [2.24, 2.45) is 5.73 Å². The first-order valence-electron chi connectivity index (χ1n) is 6.04. The second-order valence-electron chi connectivity index (χ2n) is 4.14. The van der Waals surface area contributed by atoms with Crippen LogP contribution in [0.2, 0.25) is 0 Å². The van der Waals surface area contributed by atoms with Gasteiger partial charge in [-0.2, -0.15) is 4.98 Å². The van der Waals surface area contributed by atoms with Crippen LogP contribution in [-0.2, 0) is 6.42 Å². The molecule has 2 aromatic heterocycles. The summed E-state index contributed by atoms with van der Waals surface area (Å²) in [7, 11) is 0. The Morgan fingerprint density at radius 1 is 1.16 bits per heavy atom. The highest BCUT2D eigenvalue weighted by Crippen LogP contribution is 2.25. The Bertz CT molecular complexity index is 644. The highest BCUT2D eigenvalue weighted by Gasteiger charge is 2.10. The molecule has 5 heteroatoms. The molecule has 2 heterocycles. The van der Waals surface area contributed by atoms with Gasteiger partial charge in [0.15, 0.2) is 0 Å². The maximum atomic E-state index is 5.53. The first kappa shape index (κ1) is 12.1. The van der Waals surface area contributed by atoms with Gasteiger partial charge < -0.3 is 10.3 Å². The molecule has 19 heavy (non-hydrogen) atoms. The van der Waals surface area contributed by atoms with Crippen LogP contribution < -0.4 is 5.73 Å². The van der Waals surface area contributed by atoms with Crippen molar-refractivity contribution >= 4 is 11.3 Å². The lowest BCUT2D eigenvalue weighted by Gasteiger charge is -1.98. The zero-order valence-corrected chi connectivity index (χ0v) is 11.1. The van der Waals surface area contributed by atoms with Crippen LogP contribution in [0, 0.1) is 0 Å². The maximum absolute atomic E-state index is 5.53. The van der Waals surface area contributed by atoms with Crippen LogP contribution in [0.25, 0.3) is 22.2 Å². The Kier molecular flexibility index (Phi) is 3.39. The van der Waals surface area contributed by atoms with E-state index >= 15 is 0 Å². The van der Waals surface area contributed by atoms with Crippen LogP contribution in [0.15, 0.2) is 46.3 Å². The summed E-state index contributed by atoms with van der Waals surface area (Å²) in [6, 6.07) is 12.0. The van der Waals surface area contributed by atoms with Gasteiger partial charge in [-0.15, -0.1) is 11.3 Å². The molecule has 2 N–H and O–H groups in total. The van der Waals surface area contributed by atoms with Gasteiger partial charge in [-0.25, -0.2) is 0 Å². The number of nitrogens with zero attached hydrogens (tertiary/aromatic N) is 2. The van der Waals surface area contributed by atoms with Crippen molar-refractivity contribution in [1.29, 1.82) is 0 Å². The molecule has 0 radical (unpaired) electrons. The second-order valence-corrected chi connectivity index (χ2v) is 5.08. The zero-order chi connectivity index (χ0) is 13.1. The normalized spacial score (nSPS) is 10.8. The minimum absolute atomic E-state index is 0.544. The molecular weight excluding hydrogens is 258 g/mol. The Labute approximate surface area is 114 Å². The highest BCUT2D eigenvalue weighted by atomic mass is 32.1. The predicted molar refractivity (Wildman–Crippen MR) is 75.8 cm³/mol. The number of benzene rings is 1. The van der Waals surface area contributed by atoms with Crippen molar-refractivity contribution < 1.29 is 4.52 Å². The van der Waals surface area contributed by atoms with Crippen LogP contribution in [0.3, 0.4) is 0 Å². The van der Waals surface area contributed by atoms with E-state index in [1.807, 2.05) is 41.8 Å². The average Bonchev–Trinajstić information content (AvgIpc) is 3.11. The highest BCUT2D eigenvalue weighted by molar-refractivity contribution is 7.13. The molecule has 3 aromatic rings. The third-order valence-electron chi connectivity index (χ3n) is 2.80. The molecule has 0 spiro atoms. The van der Waals surface area contributed by atoms with Crippen molar-refractivity contribution in [3.8, 4) is 22.2 Å². The standard InChI is InChI=1S/C14H13N3OS/c15-8-7-10-3-5-11(6-4-10)14-16-13(17-18-14)12-2-1-9-19-12/h1-6,9H,7-8,15H2. The number of thiophene rings is 1. The first-order chi connectivity index (χ1) is 9.36. The monoisotopic (exact) mass is 271 g/mol. The van der Waals surface area contributed by atoms with Gasteiger partial charge in [-0.1, -0.05) is 23.4 Å². The Balaban J connectivity index is 1.86. The van der Waals surface area contributed by atoms with E-state index < -0.39 is 0 Å². The Morgan fingerprint density at radius 2 is 2.00 bits per heavy atom. The molecule has 0 saturated carbocycles. The van der Waals surface area contributed by atoms with Gasteiger partial charge in [0.2, 0.25) is 5.82 Å². The summed E-state index contributed by atoms with van der Waals surface area (Å²) in [5.74, 6) is 1.18. The lowest BCUT2D eigenvalue weighted by molar-refractivity contribution is 0.432. The molecule has 0 saturated heterocycles. The fraction of sp³-hybridized carbons (Fsp3) is 0.143. The molecule has 1 aromatic carbocycles. The molecular formula is C14H13N3OS. The second kappa shape index (κ2) is 5.34.